The first-order valence-electron chi connectivity index (χ1n) is 8.16. The summed E-state index contributed by atoms with van der Waals surface area (Å²) in [5.74, 6) is -0.0981. The average Bonchev–Trinajstić information content (AvgIpc) is 3.39. The van der Waals surface area contributed by atoms with Gasteiger partial charge in [0.2, 0.25) is 10.7 Å². The molecule has 1 heterocycles. The van der Waals surface area contributed by atoms with Crippen LogP contribution in [0, 0.1) is 0 Å². The van der Waals surface area contributed by atoms with Crippen molar-refractivity contribution in [1.29, 1.82) is 0 Å². The van der Waals surface area contributed by atoms with E-state index in [2.05, 4.69) is 0 Å². The lowest BCUT2D eigenvalue weighted by atomic mass is 10.0. The summed E-state index contributed by atoms with van der Waals surface area (Å²) in [6, 6.07) is 21.5. The standard InChI is InChI=1S/C21H13Cl3O2S/c22-15-5-1-13(2-6-15)19(25)21(27-18-11-9-17(24)10-12-18)20(26-21)14-3-7-16(23)8-4-14/h1-12,20H. The van der Waals surface area contributed by atoms with Crippen molar-refractivity contribution in [2.75, 3.05) is 0 Å². The molecule has 1 fully saturated rings. The van der Waals surface area contributed by atoms with E-state index in [4.69, 9.17) is 39.5 Å². The van der Waals surface area contributed by atoms with Crippen molar-refractivity contribution in [3.63, 3.8) is 0 Å². The Balaban J connectivity index is 1.69. The predicted octanol–water partition coefficient (Wildman–Crippen LogP) is 7.09. The van der Waals surface area contributed by atoms with Gasteiger partial charge in [-0.05, 0) is 66.2 Å². The van der Waals surface area contributed by atoms with Crippen LogP contribution in [0.25, 0.3) is 0 Å². The highest BCUT2D eigenvalue weighted by Crippen LogP contribution is 2.60. The second kappa shape index (κ2) is 7.50. The van der Waals surface area contributed by atoms with Gasteiger partial charge in [0.15, 0.2) is 0 Å². The Bertz CT molecular complexity index is 972. The quantitative estimate of drug-likeness (QED) is 0.316. The summed E-state index contributed by atoms with van der Waals surface area (Å²) in [7, 11) is 0. The molecule has 0 spiro atoms. The number of thioether (sulfide) groups is 1. The van der Waals surface area contributed by atoms with E-state index in [-0.39, 0.29) is 11.9 Å². The normalized spacial score (nSPS) is 21.1. The van der Waals surface area contributed by atoms with E-state index in [1.807, 2.05) is 24.3 Å². The molecule has 2 atom stereocenters. The molecule has 2 nitrogen and oxygen atoms in total. The Morgan fingerprint density at radius 1 is 0.778 bits per heavy atom. The summed E-state index contributed by atoms with van der Waals surface area (Å²) < 4.78 is 6.02. The molecule has 1 aliphatic heterocycles. The van der Waals surface area contributed by atoms with Gasteiger partial charge in [-0.15, -0.1) is 0 Å². The lowest BCUT2D eigenvalue weighted by Crippen LogP contribution is -2.22. The molecule has 1 saturated heterocycles. The van der Waals surface area contributed by atoms with E-state index in [0.29, 0.717) is 20.6 Å². The van der Waals surface area contributed by atoms with Gasteiger partial charge >= 0.3 is 0 Å². The Labute approximate surface area is 176 Å². The fourth-order valence-electron chi connectivity index (χ4n) is 2.84. The molecular weight excluding hydrogens is 423 g/mol. The lowest BCUT2D eigenvalue weighted by Gasteiger charge is -2.13. The number of rotatable bonds is 5. The van der Waals surface area contributed by atoms with Crippen LogP contribution < -0.4 is 0 Å². The maximum Gasteiger partial charge on any atom is 0.212 e. The third-order valence-corrected chi connectivity index (χ3v) is 6.32. The zero-order chi connectivity index (χ0) is 19.0. The van der Waals surface area contributed by atoms with Gasteiger partial charge in [-0.1, -0.05) is 58.7 Å². The molecule has 0 aromatic heterocycles. The molecule has 3 aromatic rings. The highest BCUT2D eigenvalue weighted by molar-refractivity contribution is 8.01. The second-order valence-corrected chi connectivity index (χ2v) is 8.70. The number of ketones is 1. The summed E-state index contributed by atoms with van der Waals surface area (Å²) >= 11 is 19.3. The van der Waals surface area contributed by atoms with Crippen LogP contribution >= 0.6 is 46.6 Å². The Morgan fingerprint density at radius 2 is 1.26 bits per heavy atom. The van der Waals surface area contributed by atoms with Crippen LogP contribution in [-0.2, 0) is 4.74 Å². The van der Waals surface area contributed by atoms with Gasteiger partial charge in [0.25, 0.3) is 0 Å². The van der Waals surface area contributed by atoms with E-state index in [1.54, 1.807) is 48.5 Å². The fraction of sp³-hybridized carbons (Fsp3) is 0.0952. The molecule has 0 bridgehead atoms. The van der Waals surface area contributed by atoms with E-state index >= 15 is 0 Å². The van der Waals surface area contributed by atoms with Crippen LogP contribution in [0.1, 0.15) is 22.0 Å². The van der Waals surface area contributed by atoms with Crippen molar-refractivity contribution >= 4 is 52.3 Å². The summed E-state index contributed by atoms with van der Waals surface area (Å²) in [5.41, 5.74) is 1.46. The van der Waals surface area contributed by atoms with Gasteiger partial charge in [0.1, 0.15) is 6.10 Å². The highest BCUT2D eigenvalue weighted by atomic mass is 35.5. The minimum atomic E-state index is -1.03. The molecule has 0 saturated carbocycles. The molecule has 0 aliphatic carbocycles. The highest BCUT2D eigenvalue weighted by Gasteiger charge is 2.64. The third-order valence-electron chi connectivity index (χ3n) is 4.26. The Morgan fingerprint density at radius 3 is 1.81 bits per heavy atom. The lowest BCUT2D eigenvalue weighted by molar-refractivity contribution is 0.0935. The minimum Gasteiger partial charge on any atom is -0.341 e. The Hall–Kier alpha value is -1.49. The average molecular weight is 436 g/mol. The van der Waals surface area contributed by atoms with E-state index < -0.39 is 4.93 Å². The van der Waals surface area contributed by atoms with Gasteiger partial charge in [0, 0.05) is 25.5 Å². The van der Waals surface area contributed by atoms with Crippen molar-refractivity contribution in [2.24, 2.45) is 0 Å². The van der Waals surface area contributed by atoms with Gasteiger partial charge in [-0.25, -0.2) is 0 Å². The van der Waals surface area contributed by atoms with Crippen LogP contribution in [0.4, 0.5) is 0 Å². The first-order valence-corrected chi connectivity index (χ1v) is 10.1. The van der Waals surface area contributed by atoms with Crippen molar-refractivity contribution in [3.05, 3.63) is 99.0 Å². The first-order chi connectivity index (χ1) is 13.0. The second-order valence-electron chi connectivity index (χ2n) is 6.11. The molecule has 0 radical (unpaired) electrons. The number of Topliss-reactive ketones (excluding diaryl/α,β-unsaturated/α-hetero) is 1. The number of carbonyl (C=O) groups is 1. The largest absolute Gasteiger partial charge is 0.341 e. The summed E-state index contributed by atoms with van der Waals surface area (Å²) in [6.45, 7) is 0. The maximum atomic E-state index is 13.3. The van der Waals surface area contributed by atoms with Crippen LogP contribution in [0.15, 0.2) is 77.7 Å². The summed E-state index contributed by atoms with van der Waals surface area (Å²) in [5, 5.41) is 1.86. The van der Waals surface area contributed by atoms with E-state index in [0.717, 1.165) is 10.5 Å². The van der Waals surface area contributed by atoms with Crippen molar-refractivity contribution < 1.29 is 9.53 Å². The number of benzene rings is 3. The monoisotopic (exact) mass is 434 g/mol. The number of epoxide rings is 1. The van der Waals surface area contributed by atoms with E-state index in [1.165, 1.54) is 11.8 Å². The van der Waals surface area contributed by atoms with Crippen molar-refractivity contribution in [1.82, 2.24) is 0 Å². The number of halogens is 3. The zero-order valence-electron chi connectivity index (χ0n) is 13.9. The molecule has 0 N–H and O–H groups in total. The molecule has 27 heavy (non-hydrogen) atoms. The SMILES string of the molecule is O=C(c1ccc(Cl)cc1)C1(Sc2ccc(Cl)cc2)OC1c1ccc(Cl)cc1. The maximum absolute atomic E-state index is 13.3. The molecule has 2 unspecified atom stereocenters. The van der Waals surface area contributed by atoms with Crippen LogP contribution in [-0.4, -0.2) is 10.7 Å². The third kappa shape index (κ3) is 3.89. The topological polar surface area (TPSA) is 29.6 Å². The Kier molecular flexibility index (Phi) is 5.23. The molecule has 3 aromatic carbocycles. The number of hydrogen-bond donors (Lipinski definition) is 0. The number of ether oxygens (including phenoxy) is 1. The molecule has 4 rings (SSSR count). The molecule has 1 aliphatic rings. The zero-order valence-corrected chi connectivity index (χ0v) is 16.9. The summed E-state index contributed by atoms with van der Waals surface area (Å²) in [4.78, 5) is 13.2. The van der Waals surface area contributed by atoms with Gasteiger partial charge in [0.05, 0.1) is 0 Å². The predicted molar refractivity (Wildman–Crippen MR) is 111 cm³/mol. The fourth-order valence-corrected chi connectivity index (χ4v) is 4.44. The van der Waals surface area contributed by atoms with Crippen LogP contribution in [0.2, 0.25) is 15.1 Å². The summed E-state index contributed by atoms with van der Waals surface area (Å²) in [6.07, 6.45) is -0.362. The van der Waals surface area contributed by atoms with Gasteiger partial charge < -0.3 is 4.74 Å². The smallest absolute Gasteiger partial charge is 0.212 e. The van der Waals surface area contributed by atoms with Crippen molar-refractivity contribution in [2.45, 2.75) is 15.9 Å². The first kappa shape index (κ1) is 18.9. The molecule has 136 valence electrons. The van der Waals surface area contributed by atoms with E-state index in [9.17, 15) is 4.79 Å². The minimum absolute atomic E-state index is 0.0981. The van der Waals surface area contributed by atoms with Crippen LogP contribution in [0.3, 0.4) is 0 Å². The van der Waals surface area contributed by atoms with Gasteiger partial charge in [-0.2, -0.15) is 0 Å². The molecule has 0 amide bonds. The molecular formula is C21H13Cl3O2S. The molecule has 6 heteroatoms. The number of carbonyl (C=O) groups excluding carboxylic acids is 1. The number of hydrogen-bond acceptors (Lipinski definition) is 3. The van der Waals surface area contributed by atoms with Crippen molar-refractivity contribution in [3.8, 4) is 0 Å². The van der Waals surface area contributed by atoms with Gasteiger partial charge in [-0.3, -0.25) is 4.79 Å². The van der Waals surface area contributed by atoms with Crippen LogP contribution in [0.5, 0.6) is 0 Å².